The van der Waals surface area contributed by atoms with E-state index in [4.69, 9.17) is 0 Å². The summed E-state index contributed by atoms with van der Waals surface area (Å²) in [5.74, 6) is 1.03. The summed E-state index contributed by atoms with van der Waals surface area (Å²) in [7, 11) is 0. The van der Waals surface area contributed by atoms with Crippen LogP contribution in [0.3, 0.4) is 0 Å². The maximum absolute atomic E-state index is 13.6. The van der Waals surface area contributed by atoms with Crippen molar-refractivity contribution in [3.8, 4) is 11.4 Å². The second-order valence-electron chi connectivity index (χ2n) is 4.48. The zero-order valence-electron chi connectivity index (χ0n) is 11.6. The zero-order chi connectivity index (χ0) is 14.5. The van der Waals surface area contributed by atoms with E-state index in [1.165, 1.54) is 6.07 Å². The molecule has 0 aliphatic rings. The topological polar surface area (TPSA) is 37.8 Å². The quantitative estimate of drug-likeness (QED) is 0.876. The van der Waals surface area contributed by atoms with Gasteiger partial charge >= 0.3 is 0 Å². The summed E-state index contributed by atoms with van der Waals surface area (Å²) in [5.41, 5.74) is 1.65. The van der Waals surface area contributed by atoms with E-state index >= 15 is 0 Å². The normalized spacial score (nSPS) is 10.6. The molecule has 3 nitrogen and oxygen atoms in total. The summed E-state index contributed by atoms with van der Waals surface area (Å²) in [6, 6.07) is 6.89. The summed E-state index contributed by atoms with van der Waals surface area (Å²) < 4.78 is 14.1. The summed E-state index contributed by atoms with van der Waals surface area (Å²) >= 11 is 3.15. The second-order valence-corrected chi connectivity index (χ2v) is 5.33. The van der Waals surface area contributed by atoms with Crippen LogP contribution >= 0.6 is 15.9 Å². The van der Waals surface area contributed by atoms with Gasteiger partial charge in [0.15, 0.2) is 5.82 Å². The summed E-state index contributed by atoms with van der Waals surface area (Å²) in [6.07, 6.45) is 1.89. The number of rotatable bonds is 5. The Morgan fingerprint density at radius 1 is 1.20 bits per heavy atom. The van der Waals surface area contributed by atoms with Crippen LogP contribution < -0.4 is 5.32 Å². The minimum atomic E-state index is -0.308. The minimum absolute atomic E-state index is 0.308. The van der Waals surface area contributed by atoms with Gasteiger partial charge in [-0.15, -0.1) is 0 Å². The highest BCUT2D eigenvalue weighted by molar-refractivity contribution is 9.10. The first-order valence-corrected chi connectivity index (χ1v) is 7.50. The van der Waals surface area contributed by atoms with Crippen molar-refractivity contribution in [2.24, 2.45) is 0 Å². The van der Waals surface area contributed by atoms with E-state index in [1.807, 2.05) is 19.1 Å². The molecule has 2 aromatic rings. The molecule has 0 radical (unpaired) electrons. The summed E-state index contributed by atoms with van der Waals surface area (Å²) in [5, 5.41) is 3.19. The number of benzene rings is 1. The standard InChI is InChI=1S/C15H17BrFN3/c1-3-5-11-9-14(18-4-2)20-15(19-11)10-6-7-12(16)13(17)8-10/h6-9H,3-5H2,1-2H3,(H,18,19,20). The maximum atomic E-state index is 13.6. The van der Waals surface area contributed by atoms with Crippen LogP contribution in [0.1, 0.15) is 26.0 Å². The van der Waals surface area contributed by atoms with Gasteiger partial charge in [0.05, 0.1) is 4.47 Å². The van der Waals surface area contributed by atoms with Gasteiger partial charge in [0.2, 0.25) is 0 Å². The smallest absolute Gasteiger partial charge is 0.161 e. The Balaban J connectivity index is 2.45. The number of hydrogen-bond acceptors (Lipinski definition) is 3. The molecular formula is C15H17BrFN3. The van der Waals surface area contributed by atoms with Gasteiger partial charge in [0.1, 0.15) is 11.6 Å². The first-order chi connectivity index (χ1) is 9.63. The van der Waals surface area contributed by atoms with E-state index < -0.39 is 0 Å². The number of aromatic nitrogens is 2. The predicted molar refractivity (Wildman–Crippen MR) is 83.3 cm³/mol. The molecule has 5 heteroatoms. The predicted octanol–water partition coefficient (Wildman–Crippen LogP) is 4.43. The van der Waals surface area contributed by atoms with Crippen LogP contribution in [0.2, 0.25) is 0 Å². The maximum Gasteiger partial charge on any atom is 0.161 e. The SMILES string of the molecule is CCCc1cc(NCC)nc(-c2ccc(Br)c(F)c2)n1. The average Bonchev–Trinajstić information content (AvgIpc) is 2.42. The number of halogens is 2. The van der Waals surface area contributed by atoms with E-state index in [1.54, 1.807) is 6.07 Å². The first kappa shape index (κ1) is 14.9. The monoisotopic (exact) mass is 337 g/mol. The van der Waals surface area contributed by atoms with Crippen molar-refractivity contribution < 1.29 is 4.39 Å². The van der Waals surface area contributed by atoms with Crippen molar-refractivity contribution in [1.29, 1.82) is 0 Å². The van der Waals surface area contributed by atoms with Gasteiger partial charge < -0.3 is 5.32 Å². The number of hydrogen-bond donors (Lipinski definition) is 1. The Morgan fingerprint density at radius 2 is 2.00 bits per heavy atom. The van der Waals surface area contributed by atoms with E-state index in [2.05, 4.69) is 38.1 Å². The first-order valence-electron chi connectivity index (χ1n) is 6.71. The molecule has 0 aliphatic carbocycles. The fourth-order valence-corrected chi connectivity index (χ4v) is 2.16. The van der Waals surface area contributed by atoms with Crippen molar-refractivity contribution in [1.82, 2.24) is 9.97 Å². The molecule has 0 fully saturated rings. The van der Waals surface area contributed by atoms with Crippen molar-refractivity contribution >= 4 is 21.7 Å². The second kappa shape index (κ2) is 6.79. The van der Waals surface area contributed by atoms with Crippen molar-refractivity contribution in [2.75, 3.05) is 11.9 Å². The highest BCUT2D eigenvalue weighted by atomic mass is 79.9. The van der Waals surface area contributed by atoms with Crippen LogP contribution in [0.25, 0.3) is 11.4 Å². The van der Waals surface area contributed by atoms with Crippen LogP contribution in [0.5, 0.6) is 0 Å². The lowest BCUT2D eigenvalue weighted by atomic mass is 10.2. The zero-order valence-corrected chi connectivity index (χ0v) is 13.2. The van der Waals surface area contributed by atoms with E-state index in [0.717, 1.165) is 30.9 Å². The Labute approximate surface area is 126 Å². The van der Waals surface area contributed by atoms with Crippen LogP contribution in [0.4, 0.5) is 10.2 Å². The van der Waals surface area contributed by atoms with Gasteiger partial charge in [0.25, 0.3) is 0 Å². The number of nitrogens with zero attached hydrogens (tertiary/aromatic N) is 2. The molecule has 0 unspecified atom stereocenters. The van der Waals surface area contributed by atoms with Crippen molar-refractivity contribution in [2.45, 2.75) is 26.7 Å². The van der Waals surface area contributed by atoms with E-state index in [-0.39, 0.29) is 5.82 Å². The Bertz CT molecular complexity index is 577. The van der Waals surface area contributed by atoms with Crippen LogP contribution in [-0.4, -0.2) is 16.5 Å². The fraction of sp³-hybridized carbons (Fsp3) is 0.333. The van der Waals surface area contributed by atoms with Gasteiger partial charge in [0, 0.05) is 23.9 Å². The molecule has 20 heavy (non-hydrogen) atoms. The van der Waals surface area contributed by atoms with Gasteiger partial charge in [-0.25, -0.2) is 14.4 Å². The van der Waals surface area contributed by atoms with E-state index in [0.29, 0.717) is 15.9 Å². The minimum Gasteiger partial charge on any atom is -0.370 e. The fourth-order valence-electron chi connectivity index (χ4n) is 1.92. The average molecular weight is 338 g/mol. The highest BCUT2D eigenvalue weighted by Crippen LogP contribution is 2.23. The van der Waals surface area contributed by atoms with Crippen molar-refractivity contribution in [3.05, 3.63) is 40.2 Å². The largest absolute Gasteiger partial charge is 0.370 e. The molecule has 1 N–H and O–H groups in total. The van der Waals surface area contributed by atoms with Gasteiger partial charge in [-0.05, 0) is 47.5 Å². The lowest BCUT2D eigenvalue weighted by Gasteiger charge is -2.09. The Morgan fingerprint density at radius 3 is 2.65 bits per heavy atom. The molecule has 0 saturated carbocycles. The molecular weight excluding hydrogens is 321 g/mol. The lowest BCUT2D eigenvalue weighted by molar-refractivity contribution is 0.621. The summed E-state index contributed by atoms with van der Waals surface area (Å²) in [4.78, 5) is 8.96. The van der Waals surface area contributed by atoms with Crippen LogP contribution in [0, 0.1) is 5.82 Å². The van der Waals surface area contributed by atoms with Crippen LogP contribution in [-0.2, 0) is 6.42 Å². The van der Waals surface area contributed by atoms with E-state index in [9.17, 15) is 4.39 Å². The Hall–Kier alpha value is -1.49. The third-order valence-electron chi connectivity index (χ3n) is 2.82. The lowest BCUT2D eigenvalue weighted by Crippen LogP contribution is -2.04. The molecule has 0 spiro atoms. The summed E-state index contributed by atoms with van der Waals surface area (Å²) in [6.45, 7) is 4.91. The molecule has 0 aliphatic heterocycles. The third-order valence-corrected chi connectivity index (χ3v) is 3.46. The molecule has 0 bridgehead atoms. The molecule has 1 heterocycles. The Kier molecular flexibility index (Phi) is 5.06. The molecule has 106 valence electrons. The number of anilines is 1. The van der Waals surface area contributed by atoms with Crippen molar-refractivity contribution in [3.63, 3.8) is 0 Å². The molecule has 0 amide bonds. The van der Waals surface area contributed by atoms with Crippen LogP contribution in [0.15, 0.2) is 28.7 Å². The van der Waals surface area contributed by atoms with Gasteiger partial charge in [-0.1, -0.05) is 13.3 Å². The molecule has 1 aromatic heterocycles. The molecule has 0 atom stereocenters. The molecule has 0 saturated heterocycles. The number of aryl methyl sites for hydroxylation is 1. The third kappa shape index (κ3) is 3.54. The van der Waals surface area contributed by atoms with Gasteiger partial charge in [-0.2, -0.15) is 0 Å². The molecule has 2 rings (SSSR count). The highest BCUT2D eigenvalue weighted by Gasteiger charge is 2.09. The number of nitrogens with one attached hydrogen (secondary N) is 1. The molecule has 1 aromatic carbocycles. The van der Waals surface area contributed by atoms with Gasteiger partial charge in [-0.3, -0.25) is 0 Å².